The highest BCUT2D eigenvalue weighted by atomic mass is 35.5. The Morgan fingerprint density at radius 1 is 0.860 bits per heavy atom. The van der Waals surface area contributed by atoms with Crippen molar-refractivity contribution in [2.24, 2.45) is 0 Å². The van der Waals surface area contributed by atoms with E-state index in [0.717, 1.165) is 54.6 Å². The molecule has 1 saturated heterocycles. The van der Waals surface area contributed by atoms with E-state index in [4.69, 9.17) is 14.9 Å². The van der Waals surface area contributed by atoms with Gasteiger partial charge in [0.05, 0.1) is 23.5 Å². The first kappa shape index (κ1) is 36.5. The van der Waals surface area contributed by atoms with E-state index >= 15 is 0 Å². The van der Waals surface area contributed by atoms with Gasteiger partial charge in [-0.15, -0.1) is 24.8 Å². The summed E-state index contributed by atoms with van der Waals surface area (Å²) in [5.74, 6) is 0.229. The number of fused-ring (bicyclic) bond motifs is 2. The third-order valence-electron chi connectivity index (χ3n) is 6.79. The van der Waals surface area contributed by atoms with Gasteiger partial charge in [0.2, 0.25) is 0 Å². The Labute approximate surface area is 266 Å². The molecule has 3 aromatic carbocycles. The van der Waals surface area contributed by atoms with E-state index in [1.165, 1.54) is 55.1 Å². The van der Waals surface area contributed by atoms with Gasteiger partial charge in [-0.05, 0) is 67.6 Å². The molecule has 2 N–H and O–H groups in total. The number of anilines is 2. The number of ether oxygens (including phenoxy) is 1. The third-order valence-corrected chi connectivity index (χ3v) is 7.92. The number of benzene rings is 3. The maximum absolute atomic E-state index is 13.3. The van der Waals surface area contributed by atoms with Crippen molar-refractivity contribution < 1.29 is 32.9 Å². The Morgan fingerprint density at radius 3 is 2.07 bits per heavy atom. The zero-order chi connectivity index (χ0) is 29.4. The summed E-state index contributed by atoms with van der Waals surface area (Å²) in [6.45, 7) is 7.62. The van der Waals surface area contributed by atoms with Crippen LogP contribution in [0.2, 0.25) is 0 Å². The molecule has 7 nitrogen and oxygen atoms in total. The summed E-state index contributed by atoms with van der Waals surface area (Å²) in [5.41, 5.74) is 1.01. The van der Waals surface area contributed by atoms with Crippen LogP contribution in [0.25, 0.3) is 0 Å². The second kappa shape index (κ2) is 17.0. The predicted molar refractivity (Wildman–Crippen MR) is 168 cm³/mol. The highest BCUT2D eigenvalue weighted by Crippen LogP contribution is 2.49. The Morgan fingerprint density at radius 2 is 1.47 bits per heavy atom. The number of halogens is 5. The fourth-order valence-electron chi connectivity index (χ4n) is 4.76. The van der Waals surface area contributed by atoms with Crippen molar-refractivity contribution >= 4 is 53.9 Å². The molecule has 0 amide bonds. The molecule has 2 heterocycles. The molecule has 1 fully saturated rings. The molecule has 13 heteroatoms. The average molecular weight is 663 g/mol. The molecule has 2 aliphatic heterocycles. The van der Waals surface area contributed by atoms with Crippen LogP contribution in [0.15, 0.2) is 76.5 Å². The number of rotatable bonds is 7. The lowest BCUT2D eigenvalue weighted by molar-refractivity contribution is -0.137. The van der Waals surface area contributed by atoms with Crippen molar-refractivity contribution in [2.45, 2.75) is 29.3 Å². The maximum Gasteiger partial charge on any atom is 0.416 e. The number of para-hydroxylation sites is 1. The van der Waals surface area contributed by atoms with Crippen molar-refractivity contribution in [3.8, 4) is 11.5 Å². The number of phenols is 1. The number of hydrogen-bond acceptors (Lipinski definition) is 8. The quantitative estimate of drug-likeness (QED) is 0.221. The average Bonchev–Trinajstić information content (AvgIpc) is 2.94. The maximum atomic E-state index is 13.3. The Bertz CT molecular complexity index is 1310. The number of carbonyl (C=O) groups is 1. The topological polar surface area (TPSA) is 76.5 Å². The molecule has 0 aromatic heterocycles. The van der Waals surface area contributed by atoms with Crippen LogP contribution in [0.1, 0.15) is 18.9 Å². The molecule has 0 saturated carbocycles. The summed E-state index contributed by atoms with van der Waals surface area (Å²) in [7, 11) is 0. The normalized spacial score (nSPS) is 14.7. The number of aliphatic hydroxyl groups excluding tert-OH is 1. The van der Waals surface area contributed by atoms with Gasteiger partial charge in [-0.1, -0.05) is 23.9 Å². The number of aromatic hydroxyl groups is 1. The zero-order valence-corrected chi connectivity index (χ0v) is 26.1. The Hall–Kier alpha value is -2.67. The lowest BCUT2D eigenvalue weighted by Crippen LogP contribution is -2.47. The van der Waals surface area contributed by atoms with E-state index in [2.05, 4.69) is 9.80 Å². The minimum absolute atomic E-state index is 0. The highest BCUT2D eigenvalue weighted by Gasteiger charge is 2.33. The molecule has 2 aliphatic rings. The molecule has 0 bridgehead atoms. The SMILES string of the molecule is CC(=O)Oc1ccc(O)cc1.Cl.Cl.OCCN1CCN(CCCN2c3ccccc3Sc3ccc(C(F)(F)F)cc32)CC1. The summed E-state index contributed by atoms with van der Waals surface area (Å²) in [5, 5.41) is 17.9. The van der Waals surface area contributed by atoms with Crippen molar-refractivity contribution in [3.63, 3.8) is 0 Å². The van der Waals surface area contributed by atoms with Crippen LogP contribution in [0, 0.1) is 0 Å². The number of phenolic OH excluding ortho intramolecular Hbond substituents is 1. The van der Waals surface area contributed by atoms with Crippen molar-refractivity contribution in [2.75, 3.05) is 57.3 Å². The fourth-order valence-corrected chi connectivity index (χ4v) is 5.83. The van der Waals surface area contributed by atoms with Gasteiger partial charge in [0.25, 0.3) is 0 Å². The minimum Gasteiger partial charge on any atom is -0.508 e. The molecule has 5 rings (SSSR count). The summed E-state index contributed by atoms with van der Waals surface area (Å²) in [6, 6.07) is 17.9. The lowest BCUT2D eigenvalue weighted by atomic mass is 10.1. The van der Waals surface area contributed by atoms with Crippen molar-refractivity contribution in [1.82, 2.24) is 9.80 Å². The van der Waals surface area contributed by atoms with E-state index in [0.29, 0.717) is 24.5 Å². The van der Waals surface area contributed by atoms with Gasteiger partial charge in [0, 0.05) is 56.0 Å². The number of alkyl halides is 3. The zero-order valence-electron chi connectivity index (χ0n) is 23.6. The van der Waals surface area contributed by atoms with E-state index in [9.17, 15) is 18.0 Å². The van der Waals surface area contributed by atoms with Crippen LogP contribution in [0.4, 0.5) is 24.5 Å². The Kier molecular flexibility index (Phi) is 14.4. The summed E-state index contributed by atoms with van der Waals surface area (Å²) in [6.07, 6.45) is -3.48. The summed E-state index contributed by atoms with van der Waals surface area (Å²) in [4.78, 5) is 19.0. The van der Waals surface area contributed by atoms with E-state index in [1.54, 1.807) is 6.07 Å². The monoisotopic (exact) mass is 661 g/mol. The molecular weight excluding hydrogens is 626 g/mol. The second-order valence-corrected chi connectivity index (χ2v) is 10.8. The first-order valence-corrected chi connectivity index (χ1v) is 14.2. The number of aliphatic hydroxyl groups is 1. The second-order valence-electron chi connectivity index (χ2n) is 9.75. The molecule has 0 atom stereocenters. The van der Waals surface area contributed by atoms with E-state index < -0.39 is 11.7 Å². The largest absolute Gasteiger partial charge is 0.508 e. The minimum atomic E-state index is -4.35. The number of piperazine rings is 1. The molecule has 236 valence electrons. The van der Waals surface area contributed by atoms with Gasteiger partial charge in [0.15, 0.2) is 0 Å². The number of carbonyl (C=O) groups excluding carboxylic acids is 1. The standard InChI is InChI=1S/C22H26F3N3OS.C8H8O3.2ClH/c23-22(24,25)17-6-7-21-19(16-17)28(18-4-1-2-5-20(18)30-21)9-3-8-26-10-12-27(13-11-26)14-15-29;1-6(9)11-8-4-2-7(10)3-5-8;;/h1-2,4-7,16,29H,3,8-15H2;2-5,10H,1H3;2*1H. The van der Waals surface area contributed by atoms with Gasteiger partial charge in [0.1, 0.15) is 11.5 Å². The summed E-state index contributed by atoms with van der Waals surface area (Å²) >= 11 is 1.53. The van der Waals surface area contributed by atoms with Crippen LogP contribution < -0.4 is 9.64 Å². The first-order chi connectivity index (χ1) is 19.6. The van der Waals surface area contributed by atoms with Crippen molar-refractivity contribution in [3.05, 3.63) is 72.3 Å². The van der Waals surface area contributed by atoms with Crippen LogP contribution in [0.5, 0.6) is 11.5 Å². The first-order valence-electron chi connectivity index (χ1n) is 13.4. The molecule has 3 aromatic rings. The Balaban J connectivity index is 0.000000423. The van der Waals surface area contributed by atoms with Crippen LogP contribution >= 0.6 is 36.6 Å². The highest BCUT2D eigenvalue weighted by molar-refractivity contribution is 7.99. The number of β-amino-alcohol motifs (C(OH)–C–C–N with tert-alkyl or cyclic N) is 1. The number of nitrogens with zero attached hydrogens (tertiary/aromatic N) is 3. The summed E-state index contributed by atoms with van der Waals surface area (Å²) < 4.78 is 44.7. The van der Waals surface area contributed by atoms with Gasteiger partial charge in [-0.25, -0.2) is 0 Å². The van der Waals surface area contributed by atoms with Gasteiger partial charge >= 0.3 is 12.1 Å². The molecule has 0 aliphatic carbocycles. The molecular formula is C30H36Cl2F3N3O4S. The molecule has 0 radical (unpaired) electrons. The third kappa shape index (κ3) is 10.5. The van der Waals surface area contributed by atoms with Crippen LogP contribution in [0.3, 0.4) is 0 Å². The van der Waals surface area contributed by atoms with Gasteiger partial charge in [-0.2, -0.15) is 13.2 Å². The molecule has 0 spiro atoms. The van der Waals surface area contributed by atoms with Gasteiger partial charge in [-0.3, -0.25) is 9.69 Å². The van der Waals surface area contributed by atoms with E-state index in [1.807, 2.05) is 29.2 Å². The predicted octanol–water partition coefficient (Wildman–Crippen LogP) is 6.47. The molecule has 0 unspecified atom stereocenters. The smallest absolute Gasteiger partial charge is 0.416 e. The number of hydrogen-bond donors (Lipinski definition) is 2. The van der Waals surface area contributed by atoms with Crippen molar-refractivity contribution in [1.29, 1.82) is 0 Å². The molecule has 43 heavy (non-hydrogen) atoms. The van der Waals surface area contributed by atoms with Crippen LogP contribution in [-0.2, 0) is 11.0 Å². The lowest BCUT2D eigenvalue weighted by Gasteiger charge is -2.36. The van der Waals surface area contributed by atoms with E-state index in [-0.39, 0.29) is 43.1 Å². The number of esters is 1. The van der Waals surface area contributed by atoms with Gasteiger partial charge < -0.3 is 24.7 Å². The van der Waals surface area contributed by atoms with Crippen LogP contribution in [-0.4, -0.2) is 78.4 Å². The fraction of sp³-hybridized carbons (Fsp3) is 0.367.